The van der Waals surface area contributed by atoms with E-state index in [2.05, 4.69) is 4.72 Å². The fourth-order valence-electron chi connectivity index (χ4n) is 3.07. The number of nitrogens with one attached hydrogen (secondary N) is 1. The molecule has 1 aliphatic rings. The molecule has 0 heterocycles. The van der Waals surface area contributed by atoms with Gasteiger partial charge in [-0.3, -0.25) is 0 Å². The summed E-state index contributed by atoms with van der Waals surface area (Å²) in [4.78, 5) is 0.139. The van der Waals surface area contributed by atoms with Crippen molar-refractivity contribution in [3.8, 4) is 0 Å². The maximum absolute atomic E-state index is 12.5. The van der Waals surface area contributed by atoms with Crippen LogP contribution in [0.1, 0.15) is 17.9 Å². The second-order valence-electron chi connectivity index (χ2n) is 5.77. The first-order valence-corrected chi connectivity index (χ1v) is 8.96. The predicted octanol–water partition coefficient (Wildman–Crippen LogP) is 1.24. The number of aliphatic hydroxyl groups excluding tert-OH is 2. The van der Waals surface area contributed by atoms with Crippen molar-refractivity contribution < 1.29 is 18.6 Å². The monoisotopic (exact) mass is 333 g/mol. The van der Waals surface area contributed by atoms with Crippen LogP contribution in [0.3, 0.4) is 0 Å². The summed E-state index contributed by atoms with van der Waals surface area (Å²) in [6.45, 7) is 0. The Labute approximate surface area is 135 Å². The summed E-state index contributed by atoms with van der Waals surface area (Å²) in [5, 5.41) is 20.2. The van der Waals surface area contributed by atoms with Gasteiger partial charge in [-0.05, 0) is 24.1 Å². The summed E-state index contributed by atoms with van der Waals surface area (Å²) < 4.78 is 27.6. The Balaban J connectivity index is 1.90. The average molecular weight is 333 g/mol. The van der Waals surface area contributed by atoms with Crippen LogP contribution in [-0.4, -0.2) is 36.9 Å². The maximum atomic E-state index is 12.5. The minimum Gasteiger partial charge on any atom is -0.390 e. The number of sulfonamides is 1. The van der Waals surface area contributed by atoms with Crippen molar-refractivity contribution in [2.45, 2.75) is 35.5 Å². The van der Waals surface area contributed by atoms with E-state index in [-0.39, 0.29) is 10.8 Å². The minimum atomic E-state index is -3.76. The maximum Gasteiger partial charge on any atom is 0.240 e. The molecule has 23 heavy (non-hydrogen) atoms. The van der Waals surface area contributed by atoms with Gasteiger partial charge in [-0.25, -0.2) is 13.1 Å². The molecule has 2 aromatic rings. The molecule has 5 nitrogen and oxygen atoms in total. The average Bonchev–Trinajstić information content (AvgIpc) is 2.84. The van der Waals surface area contributed by atoms with Gasteiger partial charge in [0, 0.05) is 5.92 Å². The van der Waals surface area contributed by atoms with Crippen molar-refractivity contribution in [1.29, 1.82) is 0 Å². The van der Waals surface area contributed by atoms with Crippen molar-refractivity contribution in [1.82, 2.24) is 4.72 Å². The normalized spacial score (nSPS) is 27.9. The summed E-state index contributed by atoms with van der Waals surface area (Å²) in [6.07, 6.45) is -1.78. The van der Waals surface area contributed by atoms with Gasteiger partial charge in [-0.15, -0.1) is 0 Å². The molecule has 0 spiro atoms. The van der Waals surface area contributed by atoms with Gasteiger partial charge < -0.3 is 10.2 Å². The van der Waals surface area contributed by atoms with E-state index in [4.69, 9.17) is 0 Å². The Hall–Kier alpha value is -1.73. The first-order chi connectivity index (χ1) is 11.0. The fraction of sp³-hybridized carbons (Fsp3) is 0.294. The van der Waals surface area contributed by atoms with E-state index in [0.29, 0.717) is 6.42 Å². The number of hydrogen-bond donors (Lipinski definition) is 3. The van der Waals surface area contributed by atoms with E-state index in [9.17, 15) is 18.6 Å². The summed E-state index contributed by atoms with van der Waals surface area (Å²) in [7, 11) is -3.76. The first-order valence-electron chi connectivity index (χ1n) is 7.47. The Bertz CT molecular complexity index is 749. The number of rotatable bonds is 4. The smallest absolute Gasteiger partial charge is 0.240 e. The van der Waals surface area contributed by atoms with E-state index in [1.54, 1.807) is 18.2 Å². The second kappa shape index (κ2) is 6.41. The van der Waals surface area contributed by atoms with Crippen LogP contribution in [0.4, 0.5) is 0 Å². The van der Waals surface area contributed by atoms with E-state index < -0.39 is 28.3 Å². The molecule has 0 aromatic heterocycles. The largest absolute Gasteiger partial charge is 0.390 e. The van der Waals surface area contributed by atoms with Gasteiger partial charge in [0.2, 0.25) is 10.0 Å². The molecule has 4 unspecified atom stereocenters. The quantitative estimate of drug-likeness (QED) is 0.786. The predicted molar refractivity (Wildman–Crippen MR) is 86.4 cm³/mol. The van der Waals surface area contributed by atoms with Crippen molar-refractivity contribution in [2.75, 3.05) is 0 Å². The lowest BCUT2D eigenvalue weighted by Crippen LogP contribution is -2.45. The summed E-state index contributed by atoms with van der Waals surface area (Å²) in [5.41, 5.74) is 0.892. The highest BCUT2D eigenvalue weighted by Gasteiger charge is 2.44. The topological polar surface area (TPSA) is 86.6 Å². The van der Waals surface area contributed by atoms with E-state index in [1.807, 2.05) is 30.3 Å². The molecule has 0 saturated heterocycles. The van der Waals surface area contributed by atoms with Crippen LogP contribution < -0.4 is 4.72 Å². The molecule has 2 aromatic carbocycles. The molecule has 1 fully saturated rings. The molecule has 0 aliphatic heterocycles. The van der Waals surface area contributed by atoms with Crippen LogP contribution in [-0.2, 0) is 10.0 Å². The number of hydrogen-bond acceptors (Lipinski definition) is 4. The second-order valence-corrected chi connectivity index (χ2v) is 7.48. The molecule has 0 bridgehead atoms. The first kappa shape index (κ1) is 16.1. The lowest BCUT2D eigenvalue weighted by molar-refractivity contribution is 0.0338. The highest BCUT2D eigenvalue weighted by molar-refractivity contribution is 7.89. The molecule has 0 amide bonds. The molecule has 1 saturated carbocycles. The van der Waals surface area contributed by atoms with Crippen LogP contribution in [0.5, 0.6) is 0 Å². The van der Waals surface area contributed by atoms with E-state index >= 15 is 0 Å². The molecule has 3 N–H and O–H groups in total. The lowest BCUT2D eigenvalue weighted by Gasteiger charge is -2.23. The van der Waals surface area contributed by atoms with Gasteiger partial charge >= 0.3 is 0 Å². The number of benzene rings is 2. The van der Waals surface area contributed by atoms with Gasteiger partial charge in [0.05, 0.1) is 23.1 Å². The Morgan fingerprint density at radius 3 is 2.09 bits per heavy atom. The Morgan fingerprint density at radius 1 is 0.913 bits per heavy atom. The Morgan fingerprint density at radius 2 is 1.48 bits per heavy atom. The summed E-state index contributed by atoms with van der Waals surface area (Å²) >= 11 is 0. The van der Waals surface area contributed by atoms with Crippen molar-refractivity contribution in [2.24, 2.45) is 0 Å². The highest BCUT2D eigenvalue weighted by Crippen LogP contribution is 2.36. The summed E-state index contributed by atoms with van der Waals surface area (Å²) in [5.74, 6) is -0.278. The van der Waals surface area contributed by atoms with Crippen LogP contribution >= 0.6 is 0 Å². The molecule has 1 aliphatic carbocycles. The molecular weight excluding hydrogens is 314 g/mol. The Kier molecular flexibility index (Phi) is 4.50. The molecule has 122 valence electrons. The minimum absolute atomic E-state index is 0.139. The van der Waals surface area contributed by atoms with Crippen molar-refractivity contribution in [3.05, 3.63) is 66.2 Å². The van der Waals surface area contributed by atoms with E-state index in [0.717, 1.165) is 5.56 Å². The van der Waals surface area contributed by atoms with Crippen molar-refractivity contribution >= 4 is 10.0 Å². The number of aliphatic hydroxyl groups is 2. The van der Waals surface area contributed by atoms with Gasteiger partial charge in [0.15, 0.2) is 0 Å². The van der Waals surface area contributed by atoms with Crippen molar-refractivity contribution in [3.63, 3.8) is 0 Å². The zero-order valence-electron chi connectivity index (χ0n) is 12.4. The molecular formula is C17H19NO4S. The zero-order valence-corrected chi connectivity index (χ0v) is 13.2. The fourth-order valence-corrected chi connectivity index (χ4v) is 4.38. The third kappa shape index (κ3) is 3.30. The highest BCUT2D eigenvalue weighted by atomic mass is 32.2. The standard InChI is InChI=1S/C17H19NO4S/c19-15-11-14(12-7-3-1-4-8-12)16(17(15)20)18-23(21,22)13-9-5-2-6-10-13/h1-10,14-20H,11H2. The van der Waals surface area contributed by atoms with Gasteiger partial charge in [-0.1, -0.05) is 48.5 Å². The zero-order chi connectivity index (χ0) is 16.4. The third-order valence-electron chi connectivity index (χ3n) is 4.26. The molecule has 3 rings (SSSR count). The van der Waals surface area contributed by atoms with Gasteiger partial charge in [0.1, 0.15) is 0 Å². The van der Waals surface area contributed by atoms with Gasteiger partial charge in [-0.2, -0.15) is 0 Å². The SMILES string of the molecule is O=S(=O)(NC1C(c2ccccc2)CC(O)C1O)c1ccccc1. The van der Waals surface area contributed by atoms with Crippen LogP contribution in [0, 0.1) is 0 Å². The van der Waals surface area contributed by atoms with E-state index in [1.165, 1.54) is 12.1 Å². The lowest BCUT2D eigenvalue weighted by atomic mass is 9.94. The molecule has 6 heteroatoms. The van der Waals surface area contributed by atoms with Gasteiger partial charge in [0.25, 0.3) is 0 Å². The third-order valence-corrected chi connectivity index (χ3v) is 5.74. The van der Waals surface area contributed by atoms with Crippen LogP contribution in [0.25, 0.3) is 0 Å². The molecule has 4 atom stereocenters. The summed E-state index contributed by atoms with van der Waals surface area (Å²) in [6, 6.07) is 16.6. The molecule has 0 radical (unpaired) electrons. The van der Waals surface area contributed by atoms with Crippen LogP contribution in [0.2, 0.25) is 0 Å². The van der Waals surface area contributed by atoms with Crippen LogP contribution in [0.15, 0.2) is 65.6 Å².